The third kappa shape index (κ3) is 2.98. The van der Waals surface area contributed by atoms with Crippen molar-refractivity contribution in [2.75, 3.05) is 6.54 Å². The molecule has 2 nitrogen and oxygen atoms in total. The van der Waals surface area contributed by atoms with Gasteiger partial charge in [-0.25, -0.2) is 13.2 Å². The molecular formula is C12H14F3NO. The summed E-state index contributed by atoms with van der Waals surface area (Å²) < 4.78 is 38.8. The van der Waals surface area contributed by atoms with Crippen LogP contribution in [0.2, 0.25) is 0 Å². The van der Waals surface area contributed by atoms with Crippen molar-refractivity contribution >= 4 is 0 Å². The van der Waals surface area contributed by atoms with E-state index in [1.54, 1.807) is 0 Å². The quantitative estimate of drug-likeness (QED) is 0.795. The van der Waals surface area contributed by atoms with Crippen molar-refractivity contribution in [3.05, 3.63) is 35.1 Å². The monoisotopic (exact) mass is 245 g/mol. The smallest absolute Gasteiger partial charge is 0.161 e. The molecule has 2 N–H and O–H groups in total. The van der Waals surface area contributed by atoms with E-state index in [2.05, 4.69) is 5.32 Å². The van der Waals surface area contributed by atoms with Gasteiger partial charge >= 0.3 is 0 Å². The number of hydrogen-bond donors (Lipinski definition) is 2. The molecule has 1 saturated carbocycles. The van der Waals surface area contributed by atoms with E-state index in [1.807, 2.05) is 0 Å². The van der Waals surface area contributed by atoms with Crippen LogP contribution in [0.5, 0.6) is 0 Å². The molecule has 0 amide bonds. The second-order valence-corrected chi connectivity index (χ2v) is 4.48. The van der Waals surface area contributed by atoms with Crippen LogP contribution in [0.3, 0.4) is 0 Å². The van der Waals surface area contributed by atoms with Crippen LogP contribution in [-0.4, -0.2) is 17.8 Å². The van der Waals surface area contributed by atoms with Gasteiger partial charge in [0.1, 0.15) is 5.82 Å². The highest BCUT2D eigenvalue weighted by Gasteiger charge is 2.26. The van der Waals surface area contributed by atoms with E-state index in [1.165, 1.54) is 0 Å². The van der Waals surface area contributed by atoms with Crippen LogP contribution in [-0.2, 0) is 6.54 Å². The van der Waals surface area contributed by atoms with Crippen LogP contribution >= 0.6 is 0 Å². The Kier molecular flexibility index (Phi) is 3.69. The van der Waals surface area contributed by atoms with E-state index in [4.69, 9.17) is 5.11 Å². The van der Waals surface area contributed by atoms with E-state index in [0.717, 1.165) is 18.9 Å². The highest BCUT2D eigenvalue weighted by atomic mass is 19.2. The molecule has 0 heterocycles. The molecule has 1 aliphatic carbocycles. The zero-order chi connectivity index (χ0) is 12.4. The van der Waals surface area contributed by atoms with E-state index < -0.39 is 17.5 Å². The van der Waals surface area contributed by atoms with Gasteiger partial charge in [0.15, 0.2) is 11.6 Å². The first kappa shape index (κ1) is 12.4. The highest BCUT2D eigenvalue weighted by Crippen LogP contribution is 2.26. The number of aliphatic hydroxyl groups excluding tert-OH is 1. The van der Waals surface area contributed by atoms with Crippen molar-refractivity contribution in [2.24, 2.45) is 5.92 Å². The summed E-state index contributed by atoms with van der Waals surface area (Å²) in [6, 6.07) is 1.42. The van der Waals surface area contributed by atoms with Crippen LogP contribution in [0, 0.1) is 23.4 Å². The average molecular weight is 245 g/mol. The minimum atomic E-state index is -1.17. The zero-order valence-electron chi connectivity index (χ0n) is 9.22. The van der Waals surface area contributed by atoms with E-state index >= 15 is 0 Å². The number of nitrogens with one attached hydrogen (secondary N) is 1. The van der Waals surface area contributed by atoms with E-state index in [-0.39, 0.29) is 18.2 Å². The molecule has 0 bridgehead atoms. The molecule has 1 aliphatic rings. The second kappa shape index (κ2) is 5.06. The first-order chi connectivity index (χ1) is 8.06. The fraction of sp³-hybridized carbons (Fsp3) is 0.500. The largest absolute Gasteiger partial charge is 0.393 e. The maximum absolute atomic E-state index is 13.2. The Balaban J connectivity index is 1.84. The van der Waals surface area contributed by atoms with Gasteiger partial charge in [0.05, 0.1) is 6.10 Å². The summed E-state index contributed by atoms with van der Waals surface area (Å²) in [5, 5.41) is 12.0. The number of hydrogen-bond acceptors (Lipinski definition) is 2. The predicted molar refractivity (Wildman–Crippen MR) is 56.8 cm³/mol. The van der Waals surface area contributed by atoms with Crippen molar-refractivity contribution in [1.82, 2.24) is 5.32 Å². The molecule has 0 atom stereocenters. The molecule has 1 aromatic rings. The van der Waals surface area contributed by atoms with Crippen LogP contribution in [0.1, 0.15) is 18.4 Å². The lowest BCUT2D eigenvalue weighted by atomic mass is 9.82. The molecule has 0 unspecified atom stereocenters. The topological polar surface area (TPSA) is 32.3 Å². The van der Waals surface area contributed by atoms with Gasteiger partial charge in [0.25, 0.3) is 0 Å². The summed E-state index contributed by atoms with van der Waals surface area (Å²) in [6.07, 6.45) is 1.27. The summed E-state index contributed by atoms with van der Waals surface area (Å²) in [5.74, 6) is -2.57. The minimum absolute atomic E-state index is 0.115. The molecule has 0 aliphatic heterocycles. The number of benzene rings is 1. The molecule has 1 aromatic carbocycles. The van der Waals surface area contributed by atoms with Gasteiger partial charge in [-0.15, -0.1) is 0 Å². The third-order valence-electron chi connectivity index (χ3n) is 3.05. The average Bonchev–Trinajstić information content (AvgIpc) is 2.22. The van der Waals surface area contributed by atoms with Crippen molar-refractivity contribution in [1.29, 1.82) is 0 Å². The highest BCUT2D eigenvalue weighted by molar-refractivity contribution is 5.19. The summed E-state index contributed by atoms with van der Waals surface area (Å²) in [6.45, 7) is 0.811. The summed E-state index contributed by atoms with van der Waals surface area (Å²) in [5.41, 5.74) is 0.115. The first-order valence-electron chi connectivity index (χ1n) is 5.58. The summed E-state index contributed by atoms with van der Waals surface area (Å²) in [4.78, 5) is 0. The lowest BCUT2D eigenvalue weighted by Crippen LogP contribution is -2.36. The molecule has 94 valence electrons. The lowest BCUT2D eigenvalue weighted by molar-refractivity contribution is 0.0429. The fourth-order valence-corrected chi connectivity index (χ4v) is 1.98. The van der Waals surface area contributed by atoms with Gasteiger partial charge in [-0.05, 0) is 31.4 Å². The van der Waals surface area contributed by atoms with Gasteiger partial charge in [-0.3, -0.25) is 0 Å². The predicted octanol–water partition coefficient (Wildman–Crippen LogP) is 1.96. The van der Waals surface area contributed by atoms with Crippen LogP contribution in [0.4, 0.5) is 13.2 Å². The summed E-state index contributed by atoms with van der Waals surface area (Å²) in [7, 11) is 0. The van der Waals surface area contributed by atoms with Gasteiger partial charge in [-0.2, -0.15) is 0 Å². The van der Waals surface area contributed by atoms with Crippen molar-refractivity contribution in [3.63, 3.8) is 0 Å². The molecule has 1 fully saturated rings. The molecular weight excluding hydrogens is 231 g/mol. The van der Waals surface area contributed by atoms with Gasteiger partial charge in [-0.1, -0.05) is 0 Å². The normalized spacial score (nSPS) is 23.5. The molecule has 5 heteroatoms. The van der Waals surface area contributed by atoms with Crippen LogP contribution in [0.25, 0.3) is 0 Å². The Morgan fingerprint density at radius 2 is 1.76 bits per heavy atom. The minimum Gasteiger partial charge on any atom is -0.393 e. The van der Waals surface area contributed by atoms with Gasteiger partial charge in [0, 0.05) is 18.2 Å². The number of rotatable bonds is 4. The van der Waals surface area contributed by atoms with Crippen molar-refractivity contribution in [2.45, 2.75) is 25.5 Å². The third-order valence-corrected chi connectivity index (χ3v) is 3.05. The van der Waals surface area contributed by atoms with E-state index in [0.29, 0.717) is 18.5 Å². The van der Waals surface area contributed by atoms with Gasteiger partial charge in [0.2, 0.25) is 0 Å². The Hall–Kier alpha value is -1.07. The Morgan fingerprint density at radius 1 is 1.12 bits per heavy atom. The SMILES string of the molecule is OC1CC(CNCc2cc(F)c(F)cc2F)C1. The molecule has 0 aromatic heterocycles. The Labute approximate surface area is 97.5 Å². The molecule has 0 saturated heterocycles. The maximum Gasteiger partial charge on any atom is 0.161 e. The van der Waals surface area contributed by atoms with E-state index in [9.17, 15) is 13.2 Å². The number of halogens is 3. The van der Waals surface area contributed by atoms with Crippen LogP contribution < -0.4 is 5.32 Å². The Bertz CT molecular complexity index is 405. The second-order valence-electron chi connectivity index (χ2n) is 4.48. The standard InChI is InChI=1S/C12H14F3NO/c13-10-4-12(15)11(14)3-8(10)6-16-5-7-1-9(17)2-7/h3-4,7,9,16-17H,1-2,5-6H2. The summed E-state index contributed by atoms with van der Waals surface area (Å²) >= 11 is 0. The first-order valence-corrected chi connectivity index (χ1v) is 5.58. The van der Waals surface area contributed by atoms with Crippen molar-refractivity contribution in [3.8, 4) is 0 Å². The van der Waals surface area contributed by atoms with Gasteiger partial charge < -0.3 is 10.4 Å². The van der Waals surface area contributed by atoms with Crippen molar-refractivity contribution < 1.29 is 18.3 Å². The fourth-order valence-electron chi connectivity index (χ4n) is 1.98. The molecule has 0 spiro atoms. The van der Waals surface area contributed by atoms with Crippen LogP contribution in [0.15, 0.2) is 12.1 Å². The lowest BCUT2D eigenvalue weighted by Gasteiger charge is -2.31. The maximum atomic E-state index is 13.2. The molecule has 17 heavy (non-hydrogen) atoms. The zero-order valence-corrected chi connectivity index (χ0v) is 9.22. The molecule has 2 rings (SSSR count). The Morgan fingerprint density at radius 3 is 2.41 bits per heavy atom. The number of aliphatic hydroxyl groups is 1. The molecule has 0 radical (unpaired) electrons.